The lowest BCUT2D eigenvalue weighted by atomic mass is 9.76. The Morgan fingerprint density at radius 3 is 2.45 bits per heavy atom. The van der Waals surface area contributed by atoms with E-state index in [2.05, 4.69) is 38.2 Å². The number of amides is 1. The molecule has 0 saturated carbocycles. The minimum absolute atomic E-state index is 0.00994. The summed E-state index contributed by atoms with van der Waals surface area (Å²) in [7, 11) is 0. The average molecular weight is 516 g/mol. The summed E-state index contributed by atoms with van der Waals surface area (Å²) < 4.78 is 18.5. The average Bonchev–Trinajstić information content (AvgIpc) is 3.59. The molecule has 2 heterocycles. The van der Waals surface area contributed by atoms with E-state index in [0.29, 0.717) is 24.5 Å². The molecule has 0 radical (unpaired) electrons. The standard InChI is InChI=1S/C32H37NO5/c1-5-15-33-31(35)37-19-32-14-13-24(38-32)26-28(32)29(34)27(30(26)36-18-21-11-9-8-10-12-21)25-22(6-2)16-20(4)17-23(25)7-3/h8-14,16-17,24,26,28H,5-7,15,18-19H2,1-4H3,(H,33,35)/t24-,26-,28+,32-/m1/s1. The molecule has 6 heteroatoms. The Kier molecular flexibility index (Phi) is 7.44. The van der Waals surface area contributed by atoms with Crippen LogP contribution in [0.5, 0.6) is 0 Å². The number of alkyl carbamates (subject to hydrolysis) is 1. The zero-order valence-electron chi connectivity index (χ0n) is 22.7. The van der Waals surface area contributed by atoms with Gasteiger partial charge in [0, 0.05) is 6.54 Å². The maximum atomic E-state index is 14.4. The molecule has 200 valence electrons. The second-order valence-corrected chi connectivity index (χ2v) is 10.4. The lowest BCUT2D eigenvalue weighted by molar-refractivity contribution is -0.122. The fraction of sp³-hybridized carbons (Fsp3) is 0.438. The van der Waals surface area contributed by atoms with Gasteiger partial charge in [0.2, 0.25) is 0 Å². The predicted molar refractivity (Wildman–Crippen MR) is 146 cm³/mol. The van der Waals surface area contributed by atoms with Crippen LogP contribution in [-0.4, -0.2) is 36.7 Å². The van der Waals surface area contributed by atoms with Crippen molar-refractivity contribution in [2.24, 2.45) is 11.8 Å². The normalized spacial score (nSPS) is 25.2. The van der Waals surface area contributed by atoms with Gasteiger partial charge in [0.1, 0.15) is 24.6 Å². The zero-order chi connectivity index (χ0) is 26.9. The first-order chi connectivity index (χ1) is 18.4. The van der Waals surface area contributed by atoms with Gasteiger partial charge in [-0.15, -0.1) is 0 Å². The third-order valence-corrected chi connectivity index (χ3v) is 7.88. The number of nitrogens with one attached hydrogen (secondary N) is 1. The second-order valence-electron chi connectivity index (χ2n) is 10.4. The quantitative estimate of drug-likeness (QED) is 0.411. The topological polar surface area (TPSA) is 73.9 Å². The SMILES string of the molecule is CCCNC(=O)OC[C@@]12C=C[C@@H](O1)[C@H]1C(OCc3ccccc3)=C(c3c(CC)cc(C)cc3CC)C(=O)[C@H]12. The molecule has 1 N–H and O–H groups in total. The number of hydrogen-bond acceptors (Lipinski definition) is 5. The largest absolute Gasteiger partial charge is 0.492 e. The van der Waals surface area contributed by atoms with E-state index in [1.165, 1.54) is 5.56 Å². The minimum atomic E-state index is -0.997. The molecule has 2 aromatic carbocycles. The summed E-state index contributed by atoms with van der Waals surface area (Å²) in [6.07, 6.45) is 5.54. The number of allylic oxidation sites excluding steroid dienone is 1. The summed E-state index contributed by atoms with van der Waals surface area (Å²) in [6, 6.07) is 14.4. The van der Waals surface area contributed by atoms with Crippen molar-refractivity contribution in [1.82, 2.24) is 5.32 Å². The van der Waals surface area contributed by atoms with Crippen LogP contribution in [-0.2, 0) is 38.5 Å². The highest BCUT2D eigenvalue weighted by Crippen LogP contribution is 2.58. The van der Waals surface area contributed by atoms with Crippen molar-refractivity contribution in [2.75, 3.05) is 13.2 Å². The van der Waals surface area contributed by atoms with Gasteiger partial charge < -0.3 is 19.5 Å². The monoisotopic (exact) mass is 515 g/mol. The maximum absolute atomic E-state index is 14.4. The van der Waals surface area contributed by atoms with E-state index < -0.39 is 17.6 Å². The van der Waals surface area contributed by atoms with E-state index in [0.717, 1.165) is 41.5 Å². The lowest BCUT2D eigenvalue weighted by Gasteiger charge is -2.29. The molecule has 0 aromatic heterocycles. The number of carbonyl (C=O) groups is 2. The van der Waals surface area contributed by atoms with E-state index in [-0.39, 0.29) is 24.4 Å². The molecule has 2 aromatic rings. The number of benzene rings is 2. The molecule has 1 fully saturated rings. The van der Waals surface area contributed by atoms with Crippen molar-refractivity contribution < 1.29 is 23.8 Å². The molecule has 0 unspecified atom stereocenters. The van der Waals surface area contributed by atoms with Crippen LogP contribution in [0.3, 0.4) is 0 Å². The summed E-state index contributed by atoms with van der Waals surface area (Å²) in [5, 5.41) is 2.74. The molecule has 1 amide bonds. The maximum Gasteiger partial charge on any atom is 0.407 e. The first kappa shape index (κ1) is 26.2. The fourth-order valence-electron chi connectivity index (χ4n) is 6.18. The lowest BCUT2D eigenvalue weighted by Crippen LogP contribution is -2.44. The van der Waals surface area contributed by atoms with Crippen molar-refractivity contribution in [3.63, 3.8) is 0 Å². The Balaban J connectivity index is 1.56. The minimum Gasteiger partial charge on any atom is -0.492 e. The van der Waals surface area contributed by atoms with Crippen LogP contribution in [0.25, 0.3) is 5.57 Å². The molecule has 6 nitrogen and oxygen atoms in total. The molecule has 1 saturated heterocycles. The van der Waals surface area contributed by atoms with Crippen LogP contribution in [0.4, 0.5) is 4.79 Å². The molecule has 3 aliphatic rings. The predicted octanol–water partition coefficient (Wildman–Crippen LogP) is 5.71. The number of fused-ring (bicyclic) bond motifs is 5. The third kappa shape index (κ3) is 4.55. The van der Waals surface area contributed by atoms with E-state index in [9.17, 15) is 9.59 Å². The number of carbonyl (C=O) groups excluding carboxylic acids is 2. The number of rotatable bonds is 10. The Morgan fingerprint density at radius 1 is 1.08 bits per heavy atom. The van der Waals surface area contributed by atoms with Crippen LogP contribution < -0.4 is 5.32 Å². The summed E-state index contributed by atoms with van der Waals surface area (Å²) >= 11 is 0. The van der Waals surface area contributed by atoms with Crippen LogP contribution in [0.15, 0.2) is 60.4 Å². The molecular formula is C32H37NO5. The smallest absolute Gasteiger partial charge is 0.407 e. The Labute approximate surface area is 225 Å². The molecule has 4 atom stereocenters. The van der Waals surface area contributed by atoms with Crippen molar-refractivity contribution in [2.45, 2.75) is 65.3 Å². The second kappa shape index (κ2) is 10.8. The highest BCUT2D eigenvalue weighted by Gasteiger charge is 2.66. The zero-order valence-corrected chi connectivity index (χ0v) is 22.7. The van der Waals surface area contributed by atoms with E-state index >= 15 is 0 Å². The molecule has 38 heavy (non-hydrogen) atoms. The highest BCUT2D eigenvalue weighted by atomic mass is 16.6. The van der Waals surface area contributed by atoms with Gasteiger partial charge in [0.25, 0.3) is 0 Å². The molecule has 0 spiro atoms. The highest BCUT2D eigenvalue weighted by molar-refractivity contribution is 6.26. The van der Waals surface area contributed by atoms with Gasteiger partial charge in [0.15, 0.2) is 5.78 Å². The fourth-order valence-corrected chi connectivity index (χ4v) is 6.18. The van der Waals surface area contributed by atoms with Gasteiger partial charge >= 0.3 is 6.09 Å². The van der Waals surface area contributed by atoms with Crippen molar-refractivity contribution in [3.05, 3.63) is 88.2 Å². The van der Waals surface area contributed by atoms with Gasteiger partial charge in [-0.3, -0.25) is 4.79 Å². The van der Waals surface area contributed by atoms with Crippen LogP contribution >= 0.6 is 0 Å². The van der Waals surface area contributed by atoms with Gasteiger partial charge in [-0.1, -0.05) is 81.0 Å². The number of hydrogen-bond donors (Lipinski definition) is 1. The van der Waals surface area contributed by atoms with Gasteiger partial charge in [-0.25, -0.2) is 4.79 Å². The summed E-state index contributed by atoms with van der Waals surface area (Å²) in [5.41, 5.74) is 5.19. The van der Waals surface area contributed by atoms with Crippen molar-refractivity contribution in [1.29, 1.82) is 0 Å². The molecule has 2 bridgehead atoms. The molecule has 5 rings (SSSR count). The molecule has 1 aliphatic carbocycles. The van der Waals surface area contributed by atoms with E-state index in [1.54, 1.807) is 0 Å². The summed E-state index contributed by atoms with van der Waals surface area (Å²) in [4.78, 5) is 26.7. The van der Waals surface area contributed by atoms with Gasteiger partial charge in [0.05, 0.1) is 23.5 Å². The third-order valence-electron chi connectivity index (χ3n) is 7.88. The molecular weight excluding hydrogens is 478 g/mol. The van der Waals surface area contributed by atoms with Gasteiger partial charge in [-0.2, -0.15) is 0 Å². The van der Waals surface area contributed by atoms with E-state index in [1.807, 2.05) is 49.4 Å². The number of ether oxygens (including phenoxy) is 3. The van der Waals surface area contributed by atoms with Gasteiger partial charge in [-0.05, 0) is 48.4 Å². The first-order valence-electron chi connectivity index (χ1n) is 13.8. The van der Waals surface area contributed by atoms with Crippen molar-refractivity contribution in [3.8, 4) is 0 Å². The number of Topliss-reactive ketones (excluding diaryl/α,β-unsaturated/α-hetero) is 1. The number of aryl methyl sites for hydroxylation is 3. The molecule has 2 aliphatic heterocycles. The first-order valence-corrected chi connectivity index (χ1v) is 13.8. The Bertz CT molecular complexity index is 1260. The van der Waals surface area contributed by atoms with Crippen LogP contribution in [0.2, 0.25) is 0 Å². The summed E-state index contributed by atoms with van der Waals surface area (Å²) in [6.45, 7) is 9.22. The number of ketones is 1. The Hall–Kier alpha value is -3.38. The Morgan fingerprint density at radius 2 is 1.79 bits per heavy atom. The van der Waals surface area contributed by atoms with Crippen LogP contribution in [0.1, 0.15) is 55.0 Å². The van der Waals surface area contributed by atoms with Crippen molar-refractivity contribution >= 4 is 17.4 Å². The summed E-state index contributed by atoms with van der Waals surface area (Å²) in [5.74, 6) is -0.0586. The van der Waals surface area contributed by atoms with E-state index in [4.69, 9.17) is 14.2 Å². The van der Waals surface area contributed by atoms with Crippen LogP contribution in [0, 0.1) is 18.8 Å².